The van der Waals surface area contributed by atoms with Crippen molar-refractivity contribution in [2.45, 2.75) is 11.8 Å². The van der Waals surface area contributed by atoms with E-state index in [1.807, 2.05) is 0 Å². The quantitative estimate of drug-likeness (QED) is 0.780. The van der Waals surface area contributed by atoms with E-state index in [0.717, 1.165) is 18.2 Å². The van der Waals surface area contributed by atoms with E-state index in [0.29, 0.717) is 0 Å². The van der Waals surface area contributed by atoms with Gasteiger partial charge in [-0.3, -0.25) is 0 Å². The molecule has 100 valence electrons. The molecule has 0 radical (unpaired) electrons. The molecule has 0 aliphatic heterocycles. The van der Waals surface area contributed by atoms with Crippen molar-refractivity contribution >= 4 is 15.8 Å². The number of aliphatic hydroxyl groups excluding tert-OH is 1. The van der Waals surface area contributed by atoms with E-state index in [9.17, 15) is 17.6 Å². The largest absolute Gasteiger partial charge is 0.478 e. The monoisotopic (exact) mass is 276 g/mol. The number of rotatable bonds is 5. The summed E-state index contributed by atoms with van der Waals surface area (Å²) in [6.45, 7) is 1.24. The lowest BCUT2D eigenvalue weighted by Crippen LogP contribution is -2.17. The number of aliphatic hydroxyl groups is 1. The van der Waals surface area contributed by atoms with Gasteiger partial charge >= 0.3 is 5.97 Å². The zero-order chi connectivity index (χ0) is 13.9. The van der Waals surface area contributed by atoms with Crippen LogP contribution in [0.3, 0.4) is 0 Å². The molecule has 2 N–H and O–H groups in total. The number of hydrogen-bond donors (Lipinski definition) is 2. The molecule has 0 saturated carbocycles. The van der Waals surface area contributed by atoms with Crippen LogP contribution >= 0.6 is 0 Å². The Balaban J connectivity index is 3.18. The smallest absolute Gasteiger partial charge is 0.338 e. The standard InChI is InChI=1S/C11H13FO5S/c1-7(5-13)6-18(16,17)8-2-3-10(12)9(4-8)11(14)15/h2-4,7,13H,5-6H2,1H3,(H,14,15). The summed E-state index contributed by atoms with van der Waals surface area (Å²) in [5, 5.41) is 17.5. The van der Waals surface area contributed by atoms with Gasteiger partial charge in [0.05, 0.1) is 16.2 Å². The minimum Gasteiger partial charge on any atom is -0.478 e. The Morgan fingerprint density at radius 1 is 1.44 bits per heavy atom. The van der Waals surface area contributed by atoms with Crippen molar-refractivity contribution in [1.82, 2.24) is 0 Å². The molecular formula is C11H13FO5S. The van der Waals surface area contributed by atoms with Crippen LogP contribution in [0, 0.1) is 11.7 Å². The maximum atomic E-state index is 13.1. The molecule has 1 rings (SSSR count). The average Bonchev–Trinajstić information content (AvgIpc) is 2.28. The first kappa shape index (κ1) is 14.6. The van der Waals surface area contributed by atoms with Crippen LogP contribution in [0.5, 0.6) is 0 Å². The molecule has 1 aromatic carbocycles. The summed E-state index contributed by atoms with van der Waals surface area (Å²) in [5.74, 6) is -3.32. The van der Waals surface area contributed by atoms with Crippen LogP contribution in [0.15, 0.2) is 23.1 Å². The van der Waals surface area contributed by atoms with Crippen LogP contribution < -0.4 is 0 Å². The van der Waals surface area contributed by atoms with Gasteiger partial charge in [-0.2, -0.15) is 0 Å². The van der Waals surface area contributed by atoms with Crippen molar-refractivity contribution in [3.8, 4) is 0 Å². The second kappa shape index (κ2) is 5.45. The lowest BCUT2D eigenvalue weighted by Gasteiger charge is -2.09. The molecule has 0 aliphatic rings. The summed E-state index contributed by atoms with van der Waals surface area (Å²) in [6.07, 6.45) is 0. The maximum Gasteiger partial charge on any atom is 0.338 e. The van der Waals surface area contributed by atoms with Gasteiger partial charge in [0.15, 0.2) is 9.84 Å². The van der Waals surface area contributed by atoms with Gasteiger partial charge in [0.25, 0.3) is 0 Å². The molecule has 0 bridgehead atoms. The highest BCUT2D eigenvalue weighted by atomic mass is 32.2. The highest BCUT2D eigenvalue weighted by molar-refractivity contribution is 7.91. The summed E-state index contributed by atoms with van der Waals surface area (Å²) in [6, 6.07) is 2.61. The van der Waals surface area contributed by atoms with Crippen LogP contribution in [0.1, 0.15) is 17.3 Å². The van der Waals surface area contributed by atoms with Crippen molar-refractivity contribution in [1.29, 1.82) is 0 Å². The Morgan fingerprint density at radius 2 is 2.06 bits per heavy atom. The van der Waals surface area contributed by atoms with Crippen LogP contribution in [0.2, 0.25) is 0 Å². The number of halogens is 1. The summed E-state index contributed by atoms with van der Waals surface area (Å²) in [7, 11) is -3.73. The van der Waals surface area contributed by atoms with Crippen molar-refractivity contribution in [2.24, 2.45) is 5.92 Å². The van der Waals surface area contributed by atoms with E-state index in [4.69, 9.17) is 10.2 Å². The molecule has 1 unspecified atom stereocenters. The number of aromatic carboxylic acids is 1. The number of carbonyl (C=O) groups is 1. The van der Waals surface area contributed by atoms with E-state index in [-0.39, 0.29) is 17.3 Å². The molecule has 0 saturated heterocycles. The highest BCUT2D eigenvalue weighted by Crippen LogP contribution is 2.18. The molecule has 0 heterocycles. The average molecular weight is 276 g/mol. The zero-order valence-corrected chi connectivity index (χ0v) is 10.4. The molecule has 18 heavy (non-hydrogen) atoms. The third-order valence-corrected chi connectivity index (χ3v) is 4.32. The first-order valence-corrected chi connectivity index (χ1v) is 6.79. The molecule has 1 atom stereocenters. The number of carboxylic acid groups (broad SMARTS) is 1. The Labute approximate surface area is 104 Å². The fourth-order valence-electron chi connectivity index (χ4n) is 1.39. The van der Waals surface area contributed by atoms with E-state index in [2.05, 4.69) is 0 Å². The lowest BCUT2D eigenvalue weighted by atomic mass is 10.2. The van der Waals surface area contributed by atoms with Crippen molar-refractivity contribution in [3.63, 3.8) is 0 Å². The van der Waals surface area contributed by atoms with E-state index in [1.54, 1.807) is 6.92 Å². The van der Waals surface area contributed by atoms with Gasteiger partial charge in [0.2, 0.25) is 0 Å². The number of benzene rings is 1. The Bertz CT molecular complexity index is 553. The maximum absolute atomic E-state index is 13.1. The molecule has 0 aromatic heterocycles. The molecule has 5 nitrogen and oxygen atoms in total. The third kappa shape index (κ3) is 3.27. The second-order valence-electron chi connectivity index (χ2n) is 4.02. The highest BCUT2D eigenvalue weighted by Gasteiger charge is 2.21. The second-order valence-corrected chi connectivity index (χ2v) is 6.05. The van der Waals surface area contributed by atoms with E-state index < -0.39 is 33.1 Å². The van der Waals surface area contributed by atoms with E-state index in [1.165, 1.54) is 0 Å². The van der Waals surface area contributed by atoms with Gasteiger partial charge in [-0.1, -0.05) is 6.92 Å². The van der Waals surface area contributed by atoms with Gasteiger partial charge in [-0.05, 0) is 24.1 Å². The summed E-state index contributed by atoms with van der Waals surface area (Å²) < 4.78 is 36.8. The summed E-state index contributed by atoms with van der Waals surface area (Å²) >= 11 is 0. The Kier molecular flexibility index (Phi) is 4.42. The minimum absolute atomic E-state index is 0.262. The third-order valence-electron chi connectivity index (χ3n) is 2.34. The minimum atomic E-state index is -3.73. The van der Waals surface area contributed by atoms with Gasteiger partial charge in [0, 0.05) is 6.61 Å². The fourth-order valence-corrected chi connectivity index (χ4v) is 3.01. The Morgan fingerprint density at radius 3 is 2.56 bits per heavy atom. The molecule has 7 heteroatoms. The molecule has 0 fully saturated rings. The molecule has 0 amide bonds. The first-order valence-electron chi connectivity index (χ1n) is 5.14. The summed E-state index contributed by atoms with van der Waals surface area (Å²) in [5.41, 5.74) is -0.687. The van der Waals surface area contributed by atoms with Gasteiger partial charge in [-0.25, -0.2) is 17.6 Å². The van der Waals surface area contributed by atoms with Crippen molar-refractivity contribution < 1.29 is 27.8 Å². The van der Waals surface area contributed by atoms with Gasteiger partial charge < -0.3 is 10.2 Å². The van der Waals surface area contributed by atoms with Crippen molar-refractivity contribution in [2.75, 3.05) is 12.4 Å². The van der Waals surface area contributed by atoms with Gasteiger partial charge in [0.1, 0.15) is 5.82 Å². The topological polar surface area (TPSA) is 91.7 Å². The molecule has 0 spiro atoms. The van der Waals surface area contributed by atoms with Crippen molar-refractivity contribution in [3.05, 3.63) is 29.6 Å². The van der Waals surface area contributed by atoms with Crippen LogP contribution in [0.25, 0.3) is 0 Å². The number of sulfone groups is 1. The van der Waals surface area contributed by atoms with E-state index >= 15 is 0 Å². The van der Waals surface area contributed by atoms with Crippen LogP contribution in [-0.2, 0) is 9.84 Å². The number of hydrogen-bond acceptors (Lipinski definition) is 4. The molecular weight excluding hydrogens is 263 g/mol. The van der Waals surface area contributed by atoms with Crippen LogP contribution in [-0.4, -0.2) is 37.0 Å². The normalized spacial score (nSPS) is 13.3. The molecule has 1 aromatic rings. The van der Waals surface area contributed by atoms with Gasteiger partial charge in [-0.15, -0.1) is 0 Å². The number of carboxylic acids is 1. The predicted octanol–water partition coefficient (Wildman–Crippen LogP) is 0.926. The SMILES string of the molecule is CC(CO)CS(=O)(=O)c1ccc(F)c(C(=O)O)c1. The first-order chi connectivity index (χ1) is 8.27. The predicted molar refractivity (Wildman–Crippen MR) is 61.7 cm³/mol. The van der Waals surface area contributed by atoms with Crippen LogP contribution in [0.4, 0.5) is 4.39 Å². The lowest BCUT2D eigenvalue weighted by molar-refractivity contribution is 0.0691. The Hall–Kier alpha value is -1.47. The summed E-state index contributed by atoms with van der Waals surface area (Å²) in [4.78, 5) is 10.4. The zero-order valence-electron chi connectivity index (χ0n) is 9.63. The molecule has 0 aliphatic carbocycles. The fraction of sp³-hybridized carbons (Fsp3) is 0.364.